The molecule has 1 aromatic carbocycles. The van der Waals surface area contributed by atoms with Crippen LogP contribution in [0.15, 0.2) is 47.3 Å². The number of aryl methyl sites for hydroxylation is 1. The summed E-state index contributed by atoms with van der Waals surface area (Å²) >= 11 is 0. The first-order valence-electron chi connectivity index (χ1n) is 10.9. The van der Waals surface area contributed by atoms with Gasteiger partial charge in [-0.05, 0) is 55.7 Å². The van der Waals surface area contributed by atoms with E-state index in [1.807, 2.05) is 0 Å². The van der Waals surface area contributed by atoms with Gasteiger partial charge >= 0.3 is 0 Å². The Morgan fingerprint density at radius 1 is 1.21 bits per heavy atom. The molecule has 1 amide bonds. The van der Waals surface area contributed by atoms with Crippen LogP contribution in [0.3, 0.4) is 0 Å². The molecule has 0 radical (unpaired) electrons. The van der Waals surface area contributed by atoms with Crippen LogP contribution in [0.5, 0.6) is 0 Å². The van der Waals surface area contributed by atoms with Crippen LogP contribution in [0, 0.1) is 23.1 Å². The second-order valence-corrected chi connectivity index (χ2v) is 8.81. The van der Waals surface area contributed by atoms with Gasteiger partial charge in [-0.15, -0.1) is 0 Å². The van der Waals surface area contributed by atoms with Gasteiger partial charge in [-0.25, -0.2) is 9.37 Å². The average molecular weight is 448 g/mol. The summed E-state index contributed by atoms with van der Waals surface area (Å²) in [6.07, 6.45) is 0.694. The monoisotopic (exact) mass is 447 g/mol. The van der Waals surface area contributed by atoms with E-state index in [9.17, 15) is 19.2 Å². The van der Waals surface area contributed by atoms with E-state index in [2.05, 4.69) is 29.8 Å². The van der Waals surface area contributed by atoms with Gasteiger partial charge in [0.25, 0.3) is 11.5 Å². The zero-order valence-electron chi connectivity index (χ0n) is 19.1. The van der Waals surface area contributed by atoms with Crippen molar-refractivity contribution in [3.8, 4) is 6.07 Å². The SMILES string of the molecule is C[C@@H]1CN(c2cc(=O)n(C)c3ccc(C#N)nc23)[C@H](C)CC1N(C)C(=O)c1ccc(F)cc1. The molecule has 3 aromatic rings. The number of aromatic nitrogens is 2. The van der Waals surface area contributed by atoms with Gasteiger partial charge in [0.2, 0.25) is 0 Å². The van der Waals surface area contributed by atoms with Gasteiger partial charge < -0.3 is 14.4 Å². The third kappa shape index (κ3) is 4.07. The summed E-state index contributed by atoms with van der Waals surface area (Å²) in [4.78, 5) is 34.0. The Morgan fingerprint density at radius 3 is 2.58 bits per heavy atom. The summed E-state index contributed by atoms with van der Waals surface area (Å²) in [6, 6.07) is 12.6. The average Bonchev–Trinajstić information content (AvgIpc) is 2.82. The van der Waals surface area contributed by atoms with Crippen molar-refractivity contribution in [3.63, 3.8) is 0 Å². The number of rotatable bonds is 3. The Kier molecular flexibility index (Phi) is 5.90. The minimum absolute atomic E-state index is 0.0192. The van der Waals surface area contributed by atoms with E-state index < -0.39 is 0 Å². The zero-order chi connectivity index (χ0) is 23.9. The molecule has 0 bridgehead atoms. The molecule has 2 aromatic heterocycles. The highest BCUT2D eigenvalue weighted by molar-refractivity contribution is 5.94. The van der Waals surface area contributed by atoms with Gasteiger partial charge in [-0.3, -0.25) is 9.59 Å². The molecule has 0 saturated carbocycles. The molecular weight excluding hydrogens is 421 g/mol. The molecular formula is C25H26FN5O2. The van der Waals surface area contributed by atoms with Crippen LogP contribution in [0.2, 0.25) is 0 Å². The van der Waals surface area contributed by atoms with Crippen molar-refractivity contribution in [2.45, 2.75) is 32.4 Å². The first-order chi connectivity index (χ1) is 15.7. The molecule has 1 saturated heterocycles. The van der Waals surface area contributed by atoms with Crippen molar-refractivity contribution in [2.75, 3.05) is 18.5 Å². The van der Waals surface area contributed by atoms with E-state index in [0.29, 0.717) is 40.9 Å². The first-order valence-corrected chi connectivity index (χ1v) is 10.9. The smallest absolute Gasteiger partial charge is 0.253 e. The van der Waals surface area contributed by atoms with E-state index in [4.69, 9.17) is 0 Å². The molecule has 3 heterocycles. The number of anilines is 1. The second kappa shape index (κ2) is 8.66. The Bertz CT molecular complexity index is 1310. The Hall–Kier alpha value is -3.73. The topological polar surface area (TPSA) is 82.2 Å². The van der Waals surface area contributed by atoms with Crippen molar-refractivity contribution < 1.29 is 9.18 Å². The molecule has 0 aliphatic carbocycles. The molecule has 3 atom stereocenters. The third-order valence-electron chi connectivity index (χ3n) is 6.66. The van der Waals surface area contributed by atoms with Crippen LogP contribution in [-0.2, 0) is 7.05 Å². The van der Waals surface area contributed by atoms with Crippen LogP contribution in [0.1, 0.15) is 36.3 Å². The van der Waals surface area contributed by atoms with Gasteiger partial charge in [0.1, 0.15) is 23.1 Å². The summed E-state index contributed by atoms with van der Waals surface area (Å²) in [5, 5.41) is 9.32. The number of nitriles is 1. The lowest BCUT2D eigenvalue weighted by atomic mass is 9.87. The van der Waals surface area contributed by atoms with Crippen molar-refractivity contribution in [2.24, 2.45) is 13.0 Å². The van der Waals surface area contributed by atoms with E-state index >= 15 is 0 Å². The van der Waals surface area contributed by atoms with Gasteiger partial charge in [-0.1, -0.05) is 6.92 Å². The quantitative estimate of drug-likeness (QED) is 0.615. The van der Waals surface area contributed by atoms with Gasteiger partial charge in [-0.2, -0.15) is 5.26 Å². The van der Waals surface area contributed by atoms with E-state index in [-0.39, 0.29) is 35.3 Å². The highest BCUT2D eigenvalue weighted by atomic mass is 19.1. The fourth-order valence-electron chi connectivity index (χ4n) is 4.74. The van der Waals surface area contributed by atoms with E-state index in [0.717, 1.165) is 0 Å². The van der Waals surface area contributed by atoms with Crippen LogP contribution < -0.4 is 10.5 Å². The Labute approximate surface area is 191 Å². The fraction of sp³-hybridized carbons (Fsp3) is 0.360. The fourth-order valence-corrected chi connectivity index (χ4v) is 4.74. The summed E-state index contributed by atoms with van der Waals surface area (Å²) in [7, 11) is 3.47. The number of piperidine rings is 1. The Balaban J connectivity index is 1.65. The number of hydrogen-bond acceptors (Lipinski definition) is 5. The molecule has 8 heteroatoms. The maximum Gasteiger partial charge on any atom is 0.253 e. The van der Waals surface area contributed by atoms with Crippen LogP contribution >= 0.6 is 0 Å². The zero-order valence-corrected chi connectivity index (χ0v) is 19.1. The third-order valence-corrected chi connectivity index (χ3v) is 6.66. The molecule has 1 aliphatic heterocycles. The number of benzene rings is 1. The number of carbonyl (C=O) groups is 1. The largest absolute Gasteiger partial charge is 0.366 e. The van der Waals surface area contributed by atoms with Crippen molar-refractivity contribution in [1.82, 2.24) is 14.5 Å². The molecule has 33 heavy (non-hydrogen) atoms. The lowest BCUT2D eigenvalue weighted by molar-refractivity contribution is 0.0637. The molecule has 1 fully saturated rings. The summed E-state index contributed by atoms with van der Waals surface area (Å²) < 4.78 is 14.8. The standard InChI is InChI=1S/C25H26FN5O2/c1-15-14-31(22-12-23(32)29(3)20-10-9-19(13-27)28-24(20)22)16(2)11-21(15)30(4)25(33)17-5-7-18(26)8-6-17/h5-10,12,15-16,21H,11,14H2,1-4H3/t15-,16-,21?/m1/s1. The molecule has 4 rings (SSSR count). The maximum atomic E-state index is 13.3. The maximum absolute atomic E-state index is 13.3. The summed E-state index contributed by atoms with van der Waals surface area (Å²) in [5.74, 6) is -0.417. The summed E-state index contributed by atoms with van der Waals surface area (Å²) in [5.41, 5.74) is 2.59. The second-order valence-electron chi connectivity index (χ2n) is 8.81. The number of hydrogen-bond donors (Lipinski definition) is 0. The predicted molar refractivity (Wildman–Crippen MR) is 125 cm³/mol. The Morgan fingerprint density at radius 2 is 1.91 bits per heavy atom. The highest BCUT2D eigenvalue weighted by Gasteiger charge is 2.36. The van der Waals surface area contributed by atoms with Gasteiger partial charge in [0.15, 0.2) is 0 Å². The summed E-state index contributed by atoms with van der Waals surface area (Å²) in [6.45, 7) is 4.76. The van der Waals surface area contributed by atoms with Crippen molar-refractivity contribution in [1.29, 1.82) is 5.26 Å². The van der Waals surface area contributed by atoms with Gasteiger partial charge in [0.05, 0.1) is 11.2 Å². The number of amides is 1. The predicted octanol–water partition coefficient (Wildman–Crippen LogP) is 3.32. The van der Waals surface area contributed by atoms with Crippen LogP contribution in [-0.4, -0.2) is 46.0 Å². The number of pyridine rings is 2. The minimum Gasteiger partial charge on any atom is -0.366 e. The minimum atomic E-state index is -0.376. The van der Waals surface area contributed by atoms with Crippen LogP contribution in [0.4, 0.5) is 10.1 Å². The molecule has 1 unspecified atom stereocenters. The van der Waals surface area contributed by atoms with Gasteiger partial charge in [0, 0.05) is 44.4 Å². The first kappa shape index (κ1) is 22.5. The number of halogens is 1. The lowest BCUT2D eigenvalue weighted by Gasteiger charge is -2.46. The number of fused-ring (bicyclic) bond motifs is 1. The van der Waals surface area contributed by atoms with Crippen LogP contribution in [0.25, 0.3) is 11.0 Å². The molecule has 0 spiro atoms. The number of carbonyl (C=O) groups excluding carboxylic acids is 1. The van der Waals surface area contributed by atoms with E-state index in [1.54, 1.807) is 37.2 Å². The lowest BCUT2D eigenvalue weighted by Crippen LogP contribution is -2.54. The molecule has 7 nitrogen and oxygen atoms in total. The van der Waals surface area contributed by atoms with Crippen molar-refractivity contribution in [3.05, 3.63) is 69.9 Å². The molecule has 0 N–H and O–H groups in total. The molecule has 170 valence electrons. The normalized spacial score (nSPS) is 20.5. The molecule has 1 aliphatic rings. The number of nitrogens with zero attached hydrogens (tertiary/aromatic N) is 5. The highest BCUT2D eigenvalue weighted by Crippen LogP contribution is 2.33. The van der Waals surface area contributed by atoms with E-state index in [1.165, 1.54) is 28.8 Å². The van der Waals surface area contributed by atoms with Crippen molar-refractivity contribution >= 4 is 22.6 Å².